The van der Waals surface area contributed by atoms with E-state index < -0.39 is 5.91 Å². The van der Waals surface area contributed by atoms with Gasteiger partial charge in [0.15, 0.2) is 0 Å². The van der Waals surface area contributed by atoms with E-state index in [0.29, 0.717) is 28.2 Å². The van der Waals surface area contributed by atoms with Gasteiger partial charge in [0.1, 0.15) is 0 Å². The molecule has 0 bridgehead atoms. The highest BCUT2D eigenvalue weighted by Gasteiger charge is 2.27. The first-order valence-corrected chi connectivity index (χ1v) is 6.93. The van der Waals surface area contributed by atoms with Crippen molar-refractivity contribution in [2.45, 2.75) is 32.7 Å². The van der Waals surface area contributed by atoms with Gasteiger partial charge in [-0.15, -0.1) is 0 Å². The van der Waals surface area contributed by atoms with E-state index >= 15 is 0 Å². The fraction of sp³-hybridized carbons (Fsp3) is 0.500. The molecular weight excluding hydrogens is 262 g/mol. The van der Waals surface area contributed by atoms with Gasteiger partial charge in [-0.3, -0.25) is 4.79 Å². The smallest absolute Gasteiger partial charge is 0.250 e. The predicted octanol–water partition coefficient (Wildman–Crippen LogP) is 2.65. The maximum atomic E-state index is 11.6. The zero-order valence-corrected chi connectivity index (χ0v) is 12.1. The number of nitrogen functional groups attached to an aromatic ring is 1. The number of benzene rings is 1. The van der Waals surface area contributed by atoms with Crippen molar-refractivity contribution >= 4 is 28.9 Å². The van der Waals surface area contributed by atoms with Crippen LogP contribution in [0.4, 0.5) is 11.4 Å². The second-order valence-corrected chi connectivity index (χ2v) is 5.84. The Morgan fingerprint density at radius 3 is 2.68 bits per heavy atom. The molecule has 1 aromatic rings. The molecule has 5 heteroatoms. The average Bonchev–Trinajstić information content (AvgIpc) is 2.29. The zero-order valence-electron chi connectivity index (χ0n) is 11.3. The minimum Gasteiger partial charge on any atom is -0.399 e. The van der Waals surface area contributed by atoms with Crippen LogP contribution in [0.15, 0.2) is 12.1 Å². The number of piperidine rings is 1. The average molecular weight is 282 g/mol. The summed E-state index contributed by atoms with van der Waals surface area (Å²) in [7, 11) is 0. The Bertz CT molecular complexity index is 504. The molecule has 1 fully saturated rings. The second kappa shape index (κ2) is 5.29. The number of carbonyl (C=O) groups is 1. The maximum Gasteiger partial charge on any atom is 0.250 e. The summed E-state index contributed by atoms with van der Waals surface area (Å²) in [5.74, 6) is 0.200. The molecule has 4 nitrogen and oxygen atoms in total. The standard InChI is InChI=1S/C14H20ClN3O/c1-8-3-4-18(9(2)5-8)13-11(14(17)19)6-10(16)7-12(13)15/h6-9H,3-5,16H2,1-2H3,(H2,17,19). The number of halogens is 1. The van der Waals surface area contributed by atoms with Crippen molar-refractivity contribution < 1.29 is 4.79 Å². The number of hydrogen-bond acceptors (Lipinski definition) is 3. The Balaban J connectivity index is 2.46. The fourth-order valence-electron chi connectivity index (χ4n) is 2.84. The monoisotopic (exact) mass is 281 g/mol. The van der Waals surface area contributed by atoms with Crippen molar-refractivity contribution in [1.29, 1.82) is 0 Å². The molecule has 4 N–H and O–H groups in total. The van der Waals surface area contributed by atoms with E-state index in [0.717, 1.165) is 25.1 Å². The van der Waals surface area contributed by atoms with Crippen LogP contribution in [0, 0.1) is 5.92 Å². The Kier molecular flexibility index (Phi) is 3.90. The molecule has 19 heavy (non-hydrogen) atoms. The van der Waals surface area contributed by atoms with E-state index in [1.165, 1.54) is 0 Å². The summed E-state index contributed by atoms with van der Waals surface area (Å²) in [5, 5.41) is 0.496. The number of nitrogens with zero attached hydrogens (tertiary/aromatic N) is 1. The minimum absolute atomic E-state index is 0.336. The second-order valence-electron chi connectivity index (χ2n) is 5.44. The van der Waals surface area contributed by atoms with E-state index in [-0.39, 0.29) is 0 Å². The maximum absolute atomic E-state index is 11.6. The van der Waals surface area contributed by atoms with Gasteiger partial charge >= 0.3 is 0 Å². The molecule has 2 unspecified atom stereocenters. The third-order valence-corrected chi connectivity index (χ3v) is 4.06. The number of primary amides is 1. The van der Waals surface area contributed by atoms with Gasteiger partial charge < -0.3 is 16.4 Å². The summed E-state index contributed by atoms with van der Waals surface area (Å²) in [6.45, 7) is 5.27. The molecule has 0 aromatic heterocycles. The summed E-state index contributed by atoms with van der Waals surface area (Å²) in [6.07, 6.45) is 2.17. The molecule has 0 aliphatic carbocycles. The Morgan fingerprint density at radius 2 is 2.11 bits per heavy atom. The van der Waals surface area contributed by atoms with Gasteiger partial charge in [-0.1, -0.05) is 18.5 Å². The van der Waals surface area contributed by atoms with E-state index in [4.69, 9.17) is 23.1 Å². The molecule has 0 spiro atoms. The van der Waals surface area contributed by atoms with Crippen molar-refractivity contribution in [3.05, 3.63) is 22.7 Å². The fourth-order valence-corrected chi connectivity index (χ4v) is 3.18. The highest BCUT2D eigenvalue weighted by Crippen LogP contribution is 2.37. The van der Waals surface area contributed by atoms with Gasteiger partial charge in [-0.25, -0.2) is 0 Å². The van der Waals surface area contributed by atoms with E-state index in [9.17, 15) is 4.79 Å². The molecule has 2 atom stereocenters. The molecule has 1 aromatic carbocycles. The quantitative estimate of drug-likeness (QED) is 0.819. The van der Waals surface area contributed by atoms with E-state index in [1.54, 1.807) is 12.1 Å². The molecule has 1 saturated heterocycles. The lowest BCUT2D eigenvalue weighted by molar-refractivity contribution is 0.100. The highest BCUT2D eigenvalue weighted by atomic mass is 35.5. The van der Waals surface area contributed by atoms with Crippen LogP contribution < -0.4 is 16.4 Å². The molecule has 1 amide bonds. The van der Waals surface area contributed by atoms with Crippen molar-refractivity contribution in [3.63, 3.8) is 0 Å². The summed E-state index contributed by atoms with van der Waals surface area (Å²) in [5.41, 5.74) is 12.8. The van der Waals surface area contributed by atoms with Gasteiger partial charge in [0.05, 0.1) is 16.3 Å². The summed E-state index contributed by atoms with van der Waals surface area (Å²) >= 11 is 6.28. The number of anilines is 2. The van der Waals surface area contributed by atoms with Gasteiger partial charge in [-0.2, -0.15) is 0 Å². The van der Waals surface area contributed by atoms with Crippen LogP contribution in [0.3, 0.4) is 0 Å². The van der Waals surface area contributed by atoms with Crippen LogP contribution in [-0.4, -0.2) is 18.5 Å². The van der Waals surface area contributed by atoms with E-state index in [2.05, 4.69) is 18.7 Å². The third-order valence-electron chi connectivity index (χ3n) is 3.78. The van der Waals surface area contributed by atoms with Gasteiger partial charge in [0.25, 0.3) is 5.91 Å². The van der Waals surface area contributed by atoms with Crippen LogP contribution in [0.1, 0.15) is 37.0 Å². The summed E-state index contributed by atoms with van der Waals surface area (Å²) in [6, 6.07) is 3.62. The summed E-state index contributed by atoms with van der Waals surface area (Å²) in [4.78, 5) is 13.8. The topological polar surface area (TPSA) is 72.3 Å². The molecular formula is C14H20ClN3O. The number of hydrogen-bond donors (Lipinski definition) is 2. The van der Waals surface area contributed by atoms with Crippen LogP contribution >= 0.6 is 11.6 Å². The lowest BCUT2D eigenvalue weighted by Crippen LogP contribution is -2.41. The van der Waals surface area contributed by atoms with Crippen molar-refractivity contribution in [3.8, 4) is 0 Å². The van der Waals surface area contributed by atoms with Crippen LogP contribution in [0.25, 0.3) is 0 Å². The number of nitrogens with two attached hydrogens (primary N) is 2. The number of rotatable bonds is 2. The normalized spacial score (nSPS) is 23.4. The van der Waals surface area contributed by atoms with Crippen LogP contribution in [-0.2, 0) is 0 Å². The first kappa shape index (κ1) is 14.0. The van der Waals surface area contributed by atoms with Crippen molar-refractivity contribution in [2.24, 2.45) is 11.7 Å². The minimum atomic E-state index is -0.491. The Hall–Kier alpha value is -1.42. The molecule has 0 saturated carbocycles. The Morgan fingerprint density at radius 1 is 1.42 bits per heavy atom. The third kappa shape index (κ3) is 2.78. The molecule has 1 aliphatic heterocycles. The van der Waals surface area contributed by atoms with Crippen LogP contribution in [0.2, 0.25) is 5.02 Å². The first-order chi connectivity index (χ1) is 8.90. The van der Waals surface area contributed by atoms with Crippen LogP contribution in [0.5, 0.6) is 0 Å². The largest absolute Gasteiger partial charge is 0.399 e. The van der Waals surface area contributed by atoms with Gasteiger partial charge in [-0.05, 0) is 37.8 Å². The summed E-state index contributed by atoms with van der Waals surface area (Å²) < 4.78 is 0. The van der Waals surface area contributed by atoms with Crippen molar-refractivity contribution in [2.75, 3.05) is 17.2 Å². The van der Waals surface area contributed by atoms with Gasteiger partial charge in [0.2, 0.25) is 0 Å². The number of amides is 1. The van der Waals surface area contributed by atoms with Gasteiger partial charge in [0, 0.05) is 18.3 Å². The first-order valence-electron chi connectivity index (χ1n) is 6.55. The molecule has 1 heterocycles. The SMILES string of the molecule is CC1CCN(c2c(Cl)cc(N)cc2C(N)=O)C(C)C1. The molecule has 1 aliphatic rings. The molecule has 0 radical (unpaired) electrons. The lowest BCUT2D eigenvalue weighted by Gasteiger charge is -2.39. The lowest BCUT2D eigenvalue weighted by atomic mass is 9.92. The van der Waals surface area contributed by atoms with Crippen molar-refractivity contribution in [1.82, 2.24) is 0 Å². The number of carbonyl (C=O) groups excluding carboxylic acids is 1. The Labute approximate surface area is 118 Å². The highest BCUT2D eigenvalue weighted by molar-refractivity contribution is 6.34. The molecule has 104 valence electrons. The van der Waals surface area contributed by atoms with E-state index in [1.807, 2.05) is 0 Å². The predicted molar refractivity (Wildman–Crippen MR) is 79.6 cm³/mol. The molecule has 2 rings (SSSR count). The zero-order chi connectivity index (χ0) is 14.2.